The van der Waals surface area contributed by atoms with Crippen LogP contribution in [0.1, 0.15) is 24.5 Å². The van der Waals surface area contributed by atoms with Gasteiger partial charge in [0, 0.05) is 26.3 Å². The second-order valence-corrected chi connectivity index (χ2v) is 4.82. The average molecular weight is 264 g/mol. The number of amides is 2. The van der Waals surface area contributed by atoms with Crippen LogP contribution in [-0.4, -0.2) is 32.3 Å². The summed E-state index contributed by atoms with van der Waals surface area (Å²) in [5, 5.41) is 5.74. The molecule has 0 saturated heterocycles. The minimum Gasteiger partial charge on any atom is -0.385 e. The molecule has 0 saturated carbocycles. The van der Waals surface area contributed by atoms with Crippen molar-refractivity contribution >= 4 is 6.03 Å². The second kappa shape index (κ2) is 8.53. The van der Waals surface area contributed by atoms with Gasteiger partial charge in [0.05, 0.1) is 0 Å². The number of hydrogen-bond donors (Lipinski definition) is 2. The van der Waals surface area contributed by atoms with Crippen molar-refractivity contribution in [3.8, 4) is 0 Å². The molecule has 4 nitrogen and oxygen atoms in total. The van der Waals surface area contributed by atoms with Crippen LogP contribution in [0.2, 0.25) is 0 Å². The molecule has 2 amide bonds. The molecule has 0 fully saturated rings. The summed E-state index contributed by atoms with van der Waals surface area (Å²) in [6.45, 7) is 5.34. The first kappa shape index (κ1) is 15.5. The number of rotatable bonds is 7. The van der Waals surface area contributed by atoms with Crippen LogP contribution >= 0.6 is 0 Å². The summed E-state index contributed by atoms with van der Waals surface area (Å²) < 4.78 is 4.97. The number of urea groups is 1. The van der Waals surface area contributed by atoms with E-state index in [-0.39, 0.29) is 12.1 Å². The van der Waals surface area contributed by atoms with Crippen molar-refractivity contribution in [2.24, 2.45) is 0 Å². The van der Waals surface area contributed by atoms with Gasteiger partial charge in [-0.2, -0.15) is 0 Å². The summed E-state index contributed by atoms with van der Waals surface area (Å²) in [4.78, 5) is 11.6. The first-order valence-corrected chi connectivity index (χ1v) is 6.70. The molecule has 0 heterocycles. The highest BCUT2D eigenvalue weighted by Crippen LogP contribution is 2.03. The maximum absolute atomic E-state index is 11.6. The second-order valence-electron chi connectivity index (χ2n) is 4.82. The van der Waals surface area contributed by atoms with Gasteiger partial charge < -0.3 is 15.4 Å². The third kappa shape index (κ3) is 6.82. The predicted molar refractivity (Wildman–Crippen MR) is 77.4 cm³/mol. The van der Waals surface area contributed by atoms with Crippen LogP contribution in [0.4, 0.5) is 4.79 Å². The number of ether oxygens (including phenoxy) is 1. The fraction of sp³-hybridized carbons (Fsp3) is 0.533. The molecule has 1 aromatic carbocycles. The normalized spacial score (nSPS) is 11.9. The number of methoxy groups -OCH3 is 1. The van der Waals surface area contributed by atoms with Crippen molar-refractivity contribution in [2.45, 2.75) is 32.7 Å². The summed E-state index contributed by atoms with van der Waals surface area (Å²) >= 11 is 0. The Bertz CT molecular complexity index is 376. The standard InChI is InChI=1S/C15H24N2O2/c1-12-4-6-14(7-5-12)8-10-16-15(18)17-13(2)9-11-19-3/h4-7,13H,8-11H2,1-3H3,(H2,16,17,18). The molecule has 1 aromatic rings. The summed E-state index contributed by atoms with van der Waals surface area (Å²) in [5.74, 6) is 0. The summed E-state index contributed by atoms with van der Waals surface area (Å²) in [7, 11) is 1.66. The average Bonchev–Trinajstić information content (AvgIpc) is 2.38. The quantitative estimate of drug-likeness (QED) is 0.793. The lowest BCUT2D eigenvalue weighted by atomic mass is 10.1. The number of carbonyl (C=O) groups excluding carboxylic acids is 1. The maximum atomic E-state index is 11.6. The number of nitrogens with one attached hydrogen (secondary N) is 2. The molecule has 0 spiro atoms. The fourth-order valence-corrected chi connectivity index (χ4v) is 1.72. The van der Waals surface area contributed by atoms with Crippen molar-refractivity contribution in [2.75, 3.05) is 20.3 Å². The van der Waals surface area contributed by atoms with Crippen LogP contribution in [0.15, 0.2) is 24.3 Å². The van der Waals surface area contributed by atoms with Gasteiger partial charge in [0.15, 0.2) is 0 Å². The number of carbonyl (C=O) groups is 1. The molecule has 106 valence electrons. The van der Waals surface area contributed by atoms with E-state index >= 15 is 0 Å². The van der Waals surface area contributed by atoms with E-state index in [4.69, 9.17) is 4.74 Å². The lowest BCUT2D eigenvalue weighted by Crippen LogP contribution is -2.41. The summed E-state index contributed by atoms with van der Waals surface area (Å²) in [6.07, 6.45) is 1.67. The summed E-state index contributed by atoms with van der Waals surface area (Å²) in [6, 6.07) is 8.37. The van der Waals surface area contributed by atoms with Gasteiger partial charge in [-0.3, -0.25) is 0 Å². The van der Waals surface area contributed by atoms with Gasteiger partial charge in [-0.15, -0.1) is 0 Å². The van der Waals surface area contributed by atoms with Gasteiger partial charge in [0.1, 0.15) is 0 Å². The Morgan fingerprint density at radius 1 is 1.32 bits per heavy atom. The molecule has 1 unspecified atom stereocenters. The number of aryl methyl sites for hydroxylation is 1. The Labute approximate surface area is 115 Å². The zero-order chi connectivity index (χ0) is 14.1. The van der Waals surface area contributed by atoms with Gasteiger partial charge in [-0.1, -0.05) is 29.8 Å². The van der Waals surface area contributed by atoms with Gasteiger partial charge in [-0.25, -0.2) is 4.79 Å². The van der Waals surface area contributed by atoms with Gasteiger partial charge in [-0.05, 0) is 32.3 Å². The van der Waals surface area contributed by atoms with E-state index in [1.54, 1.807) is 7.11 Å². The molecule has 0 bridgehead atoms. The number of hydrogen-bond acceptors (Lipinski definition) is 2. The Morgan fingerprint density at radius 2 is 2.00 bits per heavy atom. The molecule has 19 heavy (non-hydrogen) atoms. The Balaban J connectivity index is 2.18. The van der Waals surface area contributed by atoms with E-state index in [1.165, 1.54) is 11.1 Å². The first-order chi connectivity index (χ1) is 9.11. The maximum Gasteiger partial charge on any atom is 0.315 e. The van der Waals surface area contributed by atoms with Crippen LogP contribution in [-0.2, 0) is 11.2 Å². The minimum atomic E-state index is -0.115. The zero-order valence-electron chi connectivity index (χ0n) is 12.0. The third-order valence-electron chi connectivity index (χ3n) is 2.95. The SMILES string of the molecule is COCCC(C)NC(=O)NCCc1ccc(C)cc1. The van der Waals surface area contributed by atoms with Crippen LogP contribution in [0, 0.1) is 6.92 Å². The van der Waals surface area contributed by atoms with Crippen LogP contribution in [0.3, 0.4) is 0 Å². The van der Waals surface area contributed by atoms with Gasteiger partial charge in [0.2, 0.25) is 0 Å². The molecule has 0 aliphatic rings. The van der Waals surface area contributed by atoms with E-state index in [1.807, 2.05) is 6.92 Å². The van der Waals surface area contributed by atoms with E-state index in [0.29, 0.717) is 13.2 Å². The highest BCUT2D eigenvalue weighted by atomic mass is 16.5. The largest absolute Gasteiger partial charge is 0.385 e. The molecular weight excluding hydrogens is 240 g/mol. The molecule has 1 atom stereocenters. The van der Waals surface area contributed by atoms with Gasteiger partial charge >= 0.3 is 6.03 Å². The van der Waals surface area contributed by atoms with E-state index in [0.717, 1.165) is 12.8 Å². The Hall–Kier alpha value is -1.55. The molecule has 0 aromatic heterocycles. The molecule has 0 aliphatic heterocycles. The van der Waals surface area contributed by atoms with E-state index in [2.05, 4.69) is 41.8 Å². The third-order valence-corrected chi connectivity index (χ3v) is 2.95. The highest BCUT2D eigenvalue weighted by Gasteiger charge is 2.05. The minimum absolute atomic E-state index is 0.115. The molecule has 1 rings (SSSR count). The smallest absolute Gasteiger partial charge is 0.315 e. The topological polar surface area (TPSA) is 50.4 Å². The van der Waals surface area contributed by atoms with Crippen molar-refractivity contribution < 1.29 is 9.53 Å². The van der Waals surface area contributed by atoms with Crippen molar-refractivity contribution in [1.82, 2.24) is 10.6 Å². The van der Waals surface area contributed by atoms with Crippen LogP contribution in [0.5, 0.6) is 0 Å². The number of benzene rings is 1. The van der Waals surface area contributed by atoms with E-state index < -0.39 is 0 Å². The predicted octanol–water partition coefficient (Wildman–Crippen LogP) is 2.26. The zero-order valence-corrected chi connectivity index (χ0v) is 12.0. The molecule has 4 heteroatoms. The fourth-order valence-electron chi connectivity index (χ4n) is 1.72. The summed E-state index contributed by atoms with van der Waals surface area (Å²) in [5.41, 5.74) is 2.49. The monoisotopic (exact) mass is 264 g/mol. The molecule has 2 N–H and O–H groups in total. The Morgan fingerprint density at radius 3 is 2.63 bits per heavy atom. The molecule has 0 aliphatic carbocycles. The van der Waals surface area contributed by atoms with Crippen molar-refractivity contribution in [3.63, 3.8) is 0 Å². The van der Waals surface area contributed by atoms with Crippen molar-refractivity contribution in [3.05, 3.63) is 35.4 Å². The Kier molecular flexibility index (Phi) is 6.97. The van der Waals surface area contributed by atoms with Crippen LogP contribution in [0.25, 0.3) is 0 Å². The van der Waals surface area contributed by atoms with E-state index in [9.17, 15) is 4.79 Å². The molecule has 0 radical (unpaired) electrons. The van der Waals surface area contributed by atoms with Crippen molar-refractivity contribution in [1.29, 1.82) is 0 Å². The highest BCUT2D eigenvalue weighted by molar-refractivity contribution is 5.74. The first-order valence-electron chi connectivity index (χ1n) is 6.70. The lowest BCUT2D eigenvalue weighted by Gasteiger charge is -2.14. The van der Waals surface area contributed by atoms with Gasteiger partial charge in [0.25, 0.3) is 0 Å². The van der Waals surface area contributed by atoms with Crippen LogP contribution < -0.4 is 10.6 Å². The lowest BCUT2D eigenvalue weighted by molar-refractivity contribution is 0.184. The molecular formula is C15H24N2O2.